The minimum absolute atomic E-state index is 0.0274. The van der Waals surface area contributed by atoms with Gasteiger partial charge in [-0.05, 0) is 13.3 Å². The van der Waals surface area contributed by atoms with Gasteiger partial charge < -0.3 is 10.4 Å². The minimum atomic E-state index is 0.0274. The van der Waals surface area contributed by atoms with E-state index in [0.29, 0.717) is 0 Å². The van der Waals surface area contributed by atoms with Crippen molar-refractivity contribution >= 4 is 0 Å². The number of rotatable bonds is 6. The first-order valence-corrected chi connectivity index (χ1v) is 4.89. The lowest BCUT2D eigenvalue weighted by molar-refractivity contribution is 0.136. The number of hydrogen-bond donors (Lipinski definition) is 2. The molecule has 0 aromatic rings. The van der Waals surface area contributed by atoms with Gasteiger partial charge in [-0.15, -0.1) is 11.8 Å². The van der Waals surface area contributed by atoms with Gasteiger partial charge in [0.2, 0.25) is 0 Å². The predicted octanol–water partition coefficient (Wildman–Crippen LogP) is 1.40. The summed E-state index contributed by atoms with van der Waals surface area (Å²) in [5.74, 6) is 5.85. The van der Waals surface area contributed by atoms with Crippen LogP contribution in [0.2, 0.25) is 0 Å². The zero-order valence-electron chi connectivity index (χ0n) is 8.98. The Hall–Kier alpha value is -0.520. The Morgan fingerprint density at radius 1 is 1.46 bits per heavy atom. The first-order valence-electron chi connectivity index (χ1n) is 4.89. The van der Waals surface area contributed by atoms with Crippen LogP contribution in [0, 0.1) is 17.3 Å². The molecule has 0 fully saturated rings. The van der Waals surface area contributed by atoms with Crippen LogP contribution in [0.1, 0.15) is 33.6 Å². The van der Waals surface area contributed by atoms with Crippen LogP contribution in [0.15, 0.2) is 0 Å². The summed E-state index contributed by atoms with van der Waals surface area (Å²) in [4.78, 5) is 0. The maximum absolute atomic E-state index is 9.12. The first-order chi connectivity index (χ1) is 6.18. The van der Waals surface area contributed by atoms with Crippen molar-refractivity contribution in [1.82, 2.24) is 5.32 Å². The molecule has 0 aliphatic carbocycles. The molecule has 0 bridgehead atoms. The van der Waals surface area contributed by atoms with E-state index in [4.69, 9.17) is 5.11 Å². The van der Waals surface area contributed by atoms with E-state index in [1.165, 1.54) is 0 Å². The Bertz CT molecular complexity index is 174. The highest BCUT2D eigenvalue weighted by molar-refractivity contribution is 4.95. The lowest BCUT2D eigenvalue weighted by Gasteiger charge is -2.25. The zero-order valence-corrected chi connectivity index (χ0v) is 8.98. The van der Waals surface area contributed by atoms with Crippen molar-refractivity contribution in [3.05, 3.63) is 0 Å². The Labute approximate surface area is 81.7 Å². The second-order valence-electron chi connectivity index (χ2n) is 3.68. The Morgan fingerprint density at radius 3 is 2.62 bits per heavy atom. The number of hydrogen-bond acceptors (Lipinski definition) is 2. The molecule has 1 unspecified atom stereocenters. The molecule has 0 aromatic carbocycles. The summed E-state index contributed by atoms with van der Waals surface area (Å²) in [6.45, 7) is 8.07. The van der Waals surface area contributed by atoms with E-state index in [-0.39, 0.29) is 12.0 Å². The average Bonchev–Trinajstić information content (AvgIpc) is 2.17. The highest BCUT2D eigenvalue weighted by Crippen LogP contribution is 2.17. The molecule has 0 aliphatic rings. The maximum Gasteiger partial charge on any atom is 0.0496 e. The van der Waals surface area contributed by atoms with Gasteiger partial charge in [-0.25, -0.2) is 0 Å². The quantitative estimate of drug-likeness (QED) is 0.482. The van der Waals surface area contributed by atoms with Crippen LogP contribution >= 0.6 is 0 Å². The lowest BCUT2D eigenvalue weighted by Crippen LogP contribution is -2.34. The molecular formula is C11H21NO. The van der Waals surface area contributed by atoms with Crippen molar-refractivity contribution < 1.29 is 5.11 Å². The first kappa shape index (κ1) is 12.5. The van der Waals surface area contributed by atoms with Crippen LogP contribution in [0.5, 0.6) is 0 Å². The van der Waals surface area contributed by atoms with Crippen molar-refractivity contribution in [1.29, 1.82) is 0 Å². The van der Waals surface area contributed by atoms with Gasteiger partial charge in [0.15, 0.2) is 0 Å². The van der Waals surface area contributed by atoms with Gasteiger partial charge in [0.25, 0.3) is 0 Å². The van der Waals surface area contributed by atoms with E-state index < -0.39 is 0 Å². The third kappa shape index (κ3) is 5.68. The van der Waals surface area contributed by atoms with E-state index >= 15 is 0 Å². The van der Waals surface area contributed by atoms with Crippen LogP contribution in [0.3, 0.4) is 0 Å². The summed E-state index contributed by atoms with van der Waals surface area (Å²) < 4.78 is 0. The predicted molar refractivity (Wildman–Crippen MR) is 56.4 cm³/mol. The molecule has 0 radical (unpaired) electrons. The molecule has 1 atom stereocenters. The van der Waals surface area contributed by atoms with E-state index in [9.17, 15) is 0 Å². The molecular weight excluding hydrogens is 162 g/mol. The molecule has 0 amide bonds. The van der Waals surface area contributed by atoms with Gasteiger partial charge >= 0.3 is 0 Å². The molecule has 2 N–H and O–H groups in total. The normalized spacial score (nSPS) is 14.5. The third-order valence-corrected chi connectivity index (χ3v) is 2.39. The highest BCUT2D eigenvalue weighted by Gasteiger charge is 2.19. The minimum Gasteiger partial charge on any atom is -0.396 e. The number of nitrogens with one attached hydrogen (secondary N) is 1. The largest absolute Gasteiger partial charge is 0.396 e. The standard InChI is InChI=1S/C11H21NO/c1-4-6-7-8-12-9-11(3,5-2)10-13/h12-13H,5,7-10H2,1-3H3. The lowest BCUT2D eigenvalue weighted by atomic mass is 9.89. The van der Waals surface area contributed by atoms with Crippen LogP contribution < -0.4 is 5.32 Å². The van der Waals surface area contributed by atoms with Crippen LogP contribution in [0.4, 0.5) is 0 Å². The fraction of sp³-hybridized carbons (Fsp3) is 0.818. The summed E-state index contributed by atoms with van der Waals surface area (Å²) in [6.07, 6.45) is 1.89. The van der Waals surface area contributed by atoms with Gasteiger partial charge in [0.1, 0.15) is 0 Å². The van der Waals surface area contributed by atoms with Gasteiger partial charge in [-0.3, -0.25) is 0 Å². The Kier molecular flexibility index (Phi) is 6.66. The van der Waals surface area contributed by atoms with Crippen LogP contribution in [-0.4, -0.2) is 24.8 Å². The molecule has 2 heteroatoms. The zero-order chi connectivity index (χ0) is 10.2. The summed E-state index contributed by atoms with van der Waals surface area (Å²) in [5, 5.41) is 12.4. The smallest absolute Gasteiger partial charge is 0.0496 e. The molecule has 76 valence electrons. The summed E-state index contributed by atoms with van der Waals surface area (Å²) in [5.41, 5.74) is 0.0274. The molecule has 13 heavy (non-hydrogen) atoms. The molecule has 0 aliphatic heterocycles. The summed E-state index contributed by atoms with van der Waals surface area (Å²) in [6, 6.07) is 0. The molecule has 0 saturated heterocycles. The Balaban J connectivity index is 3.53. The Morgan fingerprint density at radius 2 is 2.15 bits per heavy atom. The molecule has 0 spiro atoms. The van der Waals surface area contributed by atoms with Crippen molar-refractivity contribution in [2.75, 3.05) is 19.7 Å². The summed E-state index contributed by atoms with van der Waals surface area (Å²) in [7, 11) is 0. The van der Waals surface area contributed by atoms with E-state index in [1.807, 2.05) is 6.92 Å². The molecule has 2 nitrogen and oxygen atoms in total. The highest BCUT2D eigenvalue weighted by atomic mass is 16.3. The third-order valence-electron chi connectivity index (χ3n) is 2.39. The molecule has 0 heterocycles. The van der Waals surface area contributed by atoms with Crippen molar-refractivity contribution in [3.63, 3.8) is 0 Å². The average molecular weight is 183 g/mol. The van der Waals surface area contributed by atoms with Crippen LogP contribution in [-0.2, 0) is 0 Å². The fourth-order valence-electron chi connectivity index (χ4n) is 0.959. The van der Waals surface area contributed by atoms with Crippen molar-refractivity contribution in [3.8, 4) is 11.8 Å². The van der Waals surface area contributed by atoms with Crippen molar-refractivity contribution in [2.24, 2.45) is 5.41 Å². The SMILES string of the molecule is CC#CCCNCC(C)(CC)CO. The number of aliphatic hydroxyl groups is 1. The van der Waals surface area contributed by atoms with E-state index in [0.717, 1.165) is 25.9 Å². The van der Waals surface area contributed by atoms with Gasteiger partial charge in [-0.1, -0.05) is 13.8 Å². The van der Waals surface area contributed by atoms with Gasteiger partial charge in [-0.2, -0.15) is 0 Å². The second-order valence-corrected chi connectivity index (χ2v) is 3.68. The topological polar surface area (TPSA) is 32.3 Å². The van der Waals surface area contributed by atoms with Crippen molar-refractivity contribution in [2.45, 2.75) is 33.6 Å². The van der Waals surface area contributed by atoms with E-state index in [1.54, 1.807) is 0 Å². The summed E-state index contributed by atoms with van der Waals surface area (Å²) >= 11 is 0. The molecule has 0 rings (SSSR count). The molecule has 0 aromatic heterocycles. The number of aliphatic hydroxyl groups excluding tert-OH is 1. The maximum atomic E-state index is 9.12. The molecule has 0 saturated carbocycles. The van der Waals surface area contributed by atoms with Gasteiger partial charge in [0, 0.05) is 31.5 Å². The van der Waals surface area contributed by atoms with Gasteiger partial charge in [0.05, 0.1) is 0 Å². The monoisotopic (exact) mass is 183 g/mol. The van der Waals surface area contributed by atoms with Crippen LogP contribution in [0.25, 0.3) is 0 Å². The fourth-order valence-corrected chi connectivity index (χ4v) is 0.959. The second kappa shape index (κ2) is 6.94. The van der Waals surface area contributed by atoms with E-state index in [2.05, 4.69) is 31.0 Å².